The summed E-state index contributed by atoms with van der Waals surface area (Å²) in [6.45, 7) is 2.26. The molecule has 0 fully saturated rings. The zero-order valence-electron chi connectivity index (χ0n) is 14.6. The van der Waals surface area contributed by atoms with Gasteiger partial charge in [0.15, 0.2) is 0 Å². The normalized spacial score (nSPS) is 12.9. The summed E-state index contributed by atoms with van der Waals surface area (Å²) in [4.78, 5) is 3.61. The summed E-state index contributed by atoms with van der Waals surface area (Å²) in [5, 5.41) is 16.9. The maximum absolute atomic E-state index is 8.78. The molecule has 132 valence electrons. The van der Waals surface area contributed by atoms with Crippen LogP contribution in [0.2, 0.25) is 0 Å². The van der Waals surface area contributed by atoms with Crippen molar-refractivity contribution in [3.05, 3.63) is 48.5 Å². The van der Waals surface area contributed by atoms with Crippen molar-refractivity contribution in [2.24, 2.45) is 0 Å². The van der Waals surface area contributed by atoms with Crippen LogP contribution in [0.1, 0.15) is 77.6 Å². The summed E-state index contributed by atoms with van der Waals surface area (Å²) in [5.41, 5.74) is 0. The van der Waals surface area contributed by atoms with Crippen molar-refractivity contribution in [3.8, 4) is 0 Å². The average Bonchev–Trinajstić information content (AvgIpc) is 2.57. The van der Waals surface area contributed by atoms with Crippen molar-refractivity contribution in [2.45, 2.75) is 77.6 Å². The van der Waals surface area contributed by atoms with Crippen LogP contribution in [0.4, 0.5) is 0 Å². The third-order valence-corrected chi connectivity index (χ3v) is 3.64. The molecule has 0 aromatic heterocycles. The van der Waals surface area contributed by atoms with Gasteiger partial charge < -0.3 is 9.99 Å². The number of hydrogen-bond acceptors (Lipinski definition) is 3. The molecule has 0 atom stereocenters. The highest BCUT2D eigenvalue weighted by molar-refractivity contribution is 5.15. The highest BCUT2D eigenvalue weighted by atomic mass is 17.1. The first kappa shape index (κ1) is 21.5. The van der Waals surface area contributed by atoms with Crippen LogP contribution in [0.5, 0.6) is 0 Å². The quantitative estimate of drug-likeness (QED) is 0.114. The Labute approximate surface area is 142 Å². The van der Waals surface area contributed by atoms with E-state index < -0.39 is 5.95 Å². The van der Waals surface area contributed by atoms with Crippen molar-refractivity contribution in [3.63, 3.8) is 0 Å². The predicted octanol–water partition coefficient (Wildman–Crippen LogP) is 6.86. The zero-order chi connectivity index (χ0) is 17.0. The lowest BCUT2D eigenvalue weighted by Gasteiger charge is -2.01. The fourth-order valence-electron chi connectivity index (χ4n) is 2.29. The minimum atomic E-state index is -0.522. The Morgan fingerprint density at radius 1 is 0.739 bits per heavy atom. The molecule has 0 unspecified atom stereocenters. The molecule has 2 N–H and O–H groups in total. The lowest BCUT2D eigenvalue weighted by molar-refractivity contribution is -0.235. The summed E-state index contributed by atoms with van der Waals surface area (Å²) < 4.78 is 0. The fourth-order valence-corrected chi connectivity index (χ4v) is 2.29. The molecule has 3 nitrogen and oxygen atoms in total. The fraction of sp³-hybridized carbons (Fsp3) is 0.600. The van der Waals surface area contributed by atoms with Crippen LogP contribution in [-0.2, 0) is 4.89 Å². The second-order valence-electron chi connectivity index (χ2n) is 5.76. The Morgan fingerprint density at radius 2 is 1.26 bits per heavy atom. The van der Waals surface area contributed by atoms with E-state index in [2.05, 4.69) is 17.9 Å². The number of hydrogen-bond donors (Lipinski definition) is 2. The summed E-state index contributed by atoms with van der Waals surface area (Å²) in [6, 6.07) is 0. The van der Waals surface area contributed by atoms with Crippen LogP contribution < -0.4 is 0 Å². The smallest absolute Gasteiger partial charge is 0.314 e. The van der Waals surface area contributed by atoms with E-state index in [4.69, 9.17) is 10.4 Å². The van der Waals surface area contributed by atoms with E-state index in [9.17, 15) is 0 Å². The average molecular weight is 322 g/mol. The minimum absolute atomic E-state index is 0.522. The SMILES string of the molecule is CCCCCCCCCCCCC=CC=CC=CC=C(O)OO. The van der Waals surface area contributed by atoms with Crippen LogP contribution >= 0.6 is 0 Å². The Hall–Kier alpha value is -1.48. The molecule has 0 saturated carbocycles. The lowest BCUT2D eigenvalue weighted by Crippen LogP contribution is -1.81. The van der Waals surface area contributed by atoms with Gasteiger partial charge in [-0.15, -0.1) is 0 Å². The molecule has 0 heterocycles. The molecule has 0 aliphatic rings. The van der Waals surface area contributed by atoms with Gasteiger partial charge in [0.25, 0.3) is 0 Å². The topological polar surface area (TPSA) is 49.7 Å². The molecule has 23 heavy (non-hydrogen) atoms. The van der Waals surface area contributed by atoms with Crippen LogP contribution in [0.3, 0.4) is 0 Å². The Kier molecular flexibility index (Phi) is 17.4. The zero-order valence-corrected chi connectivity index (χ0v) is 14.6. The summed E-state index contributed by atoms with van der Waals surface area (Å²) in [7, 11) is 0. The third-order valence-electron chi connectivity index (χ3n) is 3.64. The molecule has 0 spiro atoms. The first-order valence-corrected chi connectivity index (χ1v) is 9.01. The van der Waals surface area contributed by atoms with Gasteiger partial charge in [0.1, 0.15) is 0 Å². The molecule has 0 amide bonds. The number of allylic oxidation sites excluding steroid dienone is 7. The second-order valence-corrected chi connectivity index (χ2v) is 5.76. The first-order chi connectivity index (χ1) is 11.3. The highest BCUT2D eigenvalue weighted by Gasteiger charge is 1.91. The highest BCUT2D eigenvalue weighted by Crippen LogP contribution is 2.11. The molecular formula is C20H34O3. The molecular weight excluding hydrogens is 288 g/mol. The summed E-state index contributed by atoms with van der Waals surface area (Å²) >= 11 is 0. The third kappa shape index (κ3) is 18.5. The maximum atomic E-state index is 8.78. The molecule has 0 bridgehead atoms. The second kappa shape index (κ2) is 18.6. The van der Waals surface area contributed by atoms with Crippen molar-refractivity contribution in [1.29, 1.82) is 0 Å². The van der Waals surface area contributed by atoms with Gasteiger partial charge in [0.2, 0.25) is 0 Å². The van der Waals surface area contributed by atoms with Gasteiger partial charge in [0.05, 0.1) is 0 Å². The standard InChI is InChI=1S/C20H34O3/c1-2-3-4-5-6-7-8-9-10-11-12-13-14-15-16-17-18-19-20(21)23-22/h13-19,21-22H,2-12H2,1H3. The van der Waals surface area contributed by atoms with Crippen molar-refractivity contribution >= 4 is 0 Å². The van der Waals surface area contributed by atoms with Crippen LogP contribution in [0.15, 0.2) is 48.5 Å². The van der Waals surface area contributed by atoms with E-state index in [0.717, 1.165) is 6.42 Å². The number of aliphatic hydroxyl groups excluding tert-OH is 1. The van der Waals surface area contributed by atoms with Crippen molar-refractivity contribution < 1.29 is 15.3 Å². The predicted molar refractivity (Wildman–Crippen MR) is 98.3 cm³/mol. The first-order valence-electron chi connectivity index (χ1n) is 9.01. The minimum Gasteiger partial charge on any atom is -0.479 e. The monoisotopic (exact) mass is 322 g/mol. The van der Waals surface area contributed by atoms with Gasteiger partial charge >= 0.3 is 5.95 Å². The lowest BCUT2D eigenvalue weighted by atomic mass is 10.1. The molecule has 0 aromatic carbocycles. The van der Waals surface area contributed by atoms with Crippen LogP contribution in [-0.4, -0.2) is 10.4 Å². The Morgan fingerprint density at radius 3 is 1.87 bits per heavy atom. The largest absolute Gasteiger partial charge is 0.479 e. The molecule has 0 aliphatic heterocycles. The summed E-state index contributed by atoms with van der Waals surface area (Å²) in [6.07, 6.45) is 27.4. The van der Waals surface area contributed by atoms with Gasteiger partial charge in [-0.25, -0.2) is 0 Å². The molecule has 0 rings (SSSR count). The van der Waals surface area contributed by atoms with E-state index in [1.807, 2.05) is 18.2 Å². The van der Waals surface area contributed by atoms with Crippen molar-refractivity contribution in [2.75, 3.05) is 0 Å². The molecule has 0 aromatic rings. The van der Waals surface area contributed by atoms with Gasteiger partial charge in [-0.2, -0.15) is 5.26 Å². The van der Waals surface area contributed by atoms with E-state index in [-0.39, 0.29) is 0 Å². The summed E-state index contributed by atoms with van der Waals surface area (Å²) in [5.74, 6) is -0.522. The van der Waals surface area contributed by atoms with E-state index in [1.165, 1.54) is 70.3 Å². The van der Waals surface area contributed by atoms with Crippen LogP contribution in [0.25, 0.3) is 0 Å². The van der Waals surface area contributed by atoms with Gasteiger partial charge in [-0.1, -0.05) is 101 Å². The molecule has 0 saturated heterocycles. The number of rotatable bonds is 15. The molecule has 3 heteroatoms. The number of unbranched alkanes of at least 4 members (excludes halogenated alkanes) is 10. The van der Waals surface area contributed by atoms with E-state index in [1.54, 1.807) is 12.2 Å². The maximum Gasteiger partial charge on any atom is 0.314 e. The van der Waals surface area contributed by atoms with Crippen molar-refractivity contribution in [1.82, 2.24) is 0 Å². The van der Waals surface area contributed by atoms with Gasteiger partial charge in [-0.3, -0.25) is 0 Å². The molecule has 0 aliphatic carbocycles. The Bertz CT molecular complexity index is 354. The Balaban J connectivity index is 3.34. The van der Waals surface area contributed by atoms with Gasteiger partial charge in [-0.05, 0) is 12.8 Å². The van der Waals surface area contributed by atoms with E-state index in [0.29, 0.717) is 0 Å². The van der Waals surface area contributed by atoms with Crippen LogP contribution in [0, 0.1) is 0 Å². The number of aliphatic hydroxyl groups is 1. The van der Waals surface area contributed by atoms with E-state index >= 15 is 0 Å². The molecule has 0 radical (unpaired) electrons. The van der Waals surface area contributed by atoms with Gasteiger partial charge in [0, 0.05) is 6.08 Å².